The molecular weight excluding hydrogens is 410 g/mol. The Balaban J connectivity index is 1.45. The van der Waals surface area contributed by atoms with E-state index < -0.39 is 0 Å². The number of para-hydroxylation sites is 2. The topological polar surface area (TPSA) is 30.7 Å². The van der Waals surface area contributed by atoms with Gasteiger partial charge in [-0.25, -0.2) is 9.97 Å². The van der Waals surface area contributed by atoms with Crippen molar-refractivity contribution in [2.45, 2.75) is 0 Å². The minimum absolute atomic E-state index is 1.03. The monoisotopic (exact) mass is 427 g/mol. The summed E-state index contributed by atoms with van der Waals surface area (Å²) in [4.78, 5) is 11.3. The largest absolute Gasteiger partial charge is 0.309 e. The van der Waals surface area contributed by atoms with Crippen LogP contribution in [-0.2, 0) is 0 Å². The van der Waals surface area contributed by atoms with E-state index in [4.69, 9.17) is 4.98 Å². The molecule has 0 spiro atoms. The Labute approximate surface area is 188 Å². The first-order valence-corrected chi connectivity index (χ1v) is 11.4. The molecule has 32 heavy (non-hydrogen) atoms. The minimum atomic E-state index is 1.03. The molecule has 3 nitrogen and oxygen atoms in total. The van der Waals surface area contributed by atoms with Crippen molar-refractivity contribution < 1.29 is 0 Å². The van der Waals surface area contributed by atoms with Crippen molar-refractivity contribution in [1.82, 2.24) is 14.5 Å². The highest BCUT2D eigenvalue weighted by Gasteiger charge is 2.13. The lowest BCUT2D eigenvalue weighted by molar-refractivity contribution is 1.18. The molecule has 0 fully saturated rings. The van der Waals surface area contributed by atoms with Crippen LogP contribution < -0.4 is 0 Å². The lowest BCUT2D eigenvalue weighted by Gasteiger charge is -2.10. The summed E-state index contributed by atoms with van der Waals surface area (Å²) in [7, 11) is 0. The Kier molecular flexibility index (Phi) is 3.72. The van der Waals surface area contributed by atoms with Crippen molar-refractivity contribution in [1.29, 1.82) is 0 Å². The summed E-state index contributed by atoms with van der Waals surface area (Å²) in [5.74, 6) is 0. The minimum Gasteiger partial charge on any atom is -0.309 e. The predicted molar refractivity (Wildman–Crippen MR) is 135 cm³/mol. The van der Waals surface area contributed by atoms with Crippen LogP contribution in [0.5, 0.6) is 0 Å². The summed E-state index contributed by atoms with van der Waals surface area (Å²) in [6.07, 6.45) is 3.82. The molecule has 4 heterocycles. The summed E-state index contributed by atoms with van der Waals surface area (Å²) < 4.78 is 2.35. The molecule has 4 aromatic heterocycles. The molecular formula is C28H17N3S. The molecule has 7 aromatic rings. The average molecular weight is 428 g/mol. The van der Waals surface area contributed by atoms with Gasteiger partial charge in [0.05, 0.1) is 11.0 Å². The van der Waals surface area contributed by atoms with Crippen LogP contribution in [0.25, 0.3) is 59.1 Å². The summed E-state index contributed by atoms with van der Waals surface area (Å²) >= 11 is 1.64. The number of pyridine rings is 2. The van der Waals surface area contributed by atoms with Crippen molar-refractivity contribution in [2.75, 3.05) is 0 Å². The standard InChI is InChI=1S/C28H17N3S/c1-3-12-25-21(9-1)22-10-2-4-13-26(22)31(25)20-8-5-7-18(15-20)19-16-24-23-11-6-14-29-27(23)32-28(24)30-17-19/h1-17H. The van der Waals surface area contributed by atoms with Crippen LogP contribution in [0.4, 0.5) is 0 Å². The molecule has 0 amide bonds. The van der Waals surface area contributed by atoms with Gasteiger partial charge in [0.2, 0.25) is 0 Å². The highest BCUT2D eigenvalue weighted by molar-refractivity contribution is 7.25. The smallest absolute Gasteiger partial charge is 0.125 e. The third-order valence-corrected chi connectivity index (χ3v) is 7.16. The van der Waals surface area contributed by atoms with Crippen LogP contribution in [0.3, 0.4) is 0 Å². The van der Waals surface area contributed by atoms with Crippen molar-refractivity contribution in [3.8, 4) is 16.8 Å². The molecule has 0 saturated carbocycles. The third-order valence-electron chi connectivity index (χ3n) is 6.12. The lowest BCUT2D eigenvalue weighted by atomic mass is 10.1. The van der Waals surface area contributed by atoms with Gasteiger partial charge in [-0.1, -0.05) is 59.9 Å². The van der Waals surface area contributed by atoms with E-state index in [0.717, 1.165) is 31.9 Å². The Bertz CT molecular complexity index is 1740. The van der Waals surface area contributed by atoms with Gasteiger partial charge in [-0.3, -0.25) is 0 Å². The normalized spacial score (nSPS) is 11.8. The maximum Gasteiger partial charge on any atom is 0.125 e. The fourth-order valence-corrected chi connectivity index (χ4v) is 5.65. The molecule has 0 unspecified atom stereocenters. The lowest BCUT2D eigenvalue weighted by Crippen LogP contribution is -1.94. The van der Waals surface area contributed by atoms with Crippen molar-refractivity contribution in [3.05, 3.63) is 103 Å². The molecule has 4 heteroatoms. The van der Waals surface area contributed by atoms with E-state index in [1.54, 1.807) is 11.3 Å². The predicted octanol–water partition coefficient (Wildman–Crippen LogP) is 7.61. The van der Waals surface area contributed by atoms with Crippen LogP contribution in [0, 0.1) is 0 Å². The van der Waals surface area contributed by atoms with Crippen molar-refractivity contribution in [3.63, 3.8) is 0 Å². The number of aromatic nitrogens is 3. The van der Waals surface area contributed by atoms with E-state index in [1.165, 1.54) is 27.2 Å². The van der Waals surface area contributed by atoms with Crippen LogP contribution in [0.15, 0.2) is 103 Å². The van der Waals surface area contributed by atoms with E-state index >= 15 is 0 Å². The zero-order valence-electron chi connectivity index (χ0n) is 17.1. The van der Waals surface area contributed by atoms with E-state index in [2.05, 4.69) is 94.5 Å². The van der Waals surface area contributed by atoms with Gasteiger partial charge in [-0.05, 0) is 48.0 Å². The molecule has 0 aliphatic heterocycles. The van der Waals surface area contributed by atoms with Crippen molar-refractivity contribution >= 4 is 53.6 Å². The fraction of sp³-hybridized carbons (Fsp3) is 0. The highest BCUT2D eigenvalue weighted by Crippen LogP contribution is 2.35. The summed E-state index contributed by atoms with van der Waals surface area (Å²) in [6, 6.07) is 32.3. The number of hydrogen-bond acceptors (Lipinski definition) is 3. The highest BCUT2D eigenvalue weighted by atomic mass is 32.1. The van der Waals surface area contributed by atoms with Crippen LogP contribution >= 0.6 is 11.3 Å². The van der Waals surface area contributed by atoms with Gasteiger partial charge < -0.3 is 4.57 Å². The van der Waals surface area contributed by atoms with Crippen molar-refractivity contribution in [2.24, 2.45) is 0 Å². The number of nitrogens with zero attached hydrogens (tertiary/aromatic N) is 3. The zero-order chi connectivity index (χ0) is 21.1. The van der Waals surface area contributed by atoms with Gasteiger partial charge in [0.1, 0.15) is 9.66 Å². The quantitative estimate of drug-likeness (QED) is 0.284. The Morgan fingerprint density at radius 2 is 1.28 bits per heavy atom. The average Bonchev–Trinajstić information content (AvgIpc) is 3.39. The number of hydrogen-bond donors (Lipinski definition) is 0. The first-order valence-electron chi connectivity index (χ1n) is 10.6. The molecule has 7 rings (SSSR count). The van der Waals surface area contributed by atoms with Crippen LogP contribution in [0.2, 0.25) is 0 Å². The number of benzene rings is 3. The van der Waals surface area contributed by atoms with Gasteiger partial charge in [0, 0.05) is 45.2 Å². The zero-order valence-corrected chi connectivity index (χ0v) is 17.9. The van der Waals surface area contributed by atoms with Gasteiger partial charge in [0.15, 0.2) is 0 Å². The first-order chi connectivity index (χ1) is 15.9. The molecule has 0 atom stereocenters. The van der Waals surface area contributed by atoms with E-state index in [-0.39, 0.29) is 0 Å². The number of thiophene rings is 1. The number of fused-ring (bicyclic) bond motifs is 6. The van der Waals surface area contributed by atoms with Crippen LogP contribution in [0.1, 0.15) is 0 Å². The maximum atomic E-state index is 4.76. The molecule has 0 N–H and O–H groups in total. The molecule has 0 saturated heterocycles. The summed E-state index contributed by atoms with van der Waals surface area (Å²) in [5, 5.41) is 4.88. The van der Waals surface area contributed by atoms with Crippen LogP contribution in [-0.4, -0.2) is 14.5 Å². The van der Waals surface area contributed by atoms with E-state index in [9.17, 15) is 0 Å². The number of rotatable bonds is 2. The molecule has 0 bridgehead atoms. The van der Waals surface area contributed by atoms with Gasteiger partial charge >= 0.3 is 0 Å². The SMILES string of the molecule is c1cc(-c2cnc3sc4ncccc4c3c2)cc(-n2c3ccccc3c3ccccc32)c1. The van der Waals surface area contributed by atoms with E-state index in [0.29, 0.717) is 0 Å². The van der Waals surface area contributed by atoms with E-state index in [1.807, 2.05) is 18.5 Å². The van der Waals surface area contributed by atoms with Gasteiger partial charge in [0.25, 0.3) is 0 Å². The third kappa shape index (κ3) is 2.53. The first kappa shape index (κ1) is 17.6. The summed E-state index contributed by atoms with van der Waals surface area (Å²) in [6.45, 7) is 0. The van der Waals surface area contributed by atoms with Gasteiger partial charge in [-0.15, -0.1) is 0 Å². The molecule has 3 aromatic carbocycles. The Morgan fingerprint density at radius 1 is 0.562 bits per heavy atom. The maximum absolute atomic E-state index is 4.76. The van der Waals surface area contributed by atoms with Gasteiger partial charge in [-0.2, -0.15) is 0 Å². The molecule has 0 radical (unpaired) electrons. The second kappa shape index (κ2) is 6.74. The Hall–Kier alpha value is -4.02. The second-order valence-electron chi connectivity index (χ2n) is 7.95. The second-order valence-corrected chi connectivity index (χ2v) is 8.93. The fourth-order valence-electron chi connectivity index (χ4n) is 4.68. The molecule has 0 aliphatic rings. The molecule has 150 valence electrons. The Morgan fingerprint density at radius 3 is 2.09 bits per heavy atom. The summed E-state index contributed by atoms with van der Waals surface area (Å²) in [5.41, 5.74) is 5.85. The molecule has 0 aliphatic carbocycles.